The van der Waals surface area contributed by atoms with Crippen LogP contribution in [0.15, 0.2) is 90.2 Å². The molecule has 342 valence electrons. The standard InChI is InChI=1S/C48H64N9O6P/c1-9-11-28-55(29-12-10-2)33-51-46-45-47(53-54-52-46)56(34-50-45)44-31-42(63-64(61-30-16-27-49)57(35(3)4)36(5)6)43(62-44)32-60-48(37-17-14-13-15-18-37,38-19-23-40(58-7)24-20-38)39-21-25-41(59-8)26-22-39/h13-15,17-26,33-36,42-44H,9-12,16,28-32H2,1-8H3/t42-,43+,44+,64?/m0/s1. The van der Waals surface area contributed by atoms with E-state index in [0.29, 0.717) is 23.4 Å². The van der Waals surface area contributed by atoms with Crippen molar-refractivity contribution in [2.24, 2.45) is 4.99 Å². The number of ether oxygens (including phenoxy) is 4. The number of unbranched alkanes of at least 4 members (excludes halogenated alkanes) is 2. The summed E-state index contributed by atoms with van der Waals surface area (Å²) in [4.78, 5) is 11.8. The number of imidazole rings is 1. The summed E-state index contributed by atoms with van der Waals surface area (Å²) in [5.41, 5.74) is 2.62. The molecule has 4 atom stereocenters. The van der Waals surface area contributed by atoms with Gasteiger partial charge in [0.1, 0.15) is 29.4 Å². The normalized spacial score (nSPS) is 17.2. The molecule has 1 aliphatic heterocycles. The van der Waals surface area contributed by atoms with E-state index in [1.54, 1.807) is 20.5 Å². The van der Waals surface area contributed by atoms with Crippen molar-refractivity contribution in [3.63, 3.8) is 0 Å². The van der Waals surface area contributed by atoms with Crippen molar-refractivity contribution < 1.29 is 28.0 Å². The van der Waals surface area contributed by atoms with Crippen LogP contribution in [0.2, 0.25) is 0 Å². The zero-order chi connectivity index (χ0) is 45.5. The number of rotatable bonds is 25. The van der Waals surface area contributed by atoms with Crippen molar-refractivity contribution in [3.8, 4) is 17.6 Å². The molecule has 1 saturated heterocycles. The van der Waals surface area contributed by atoms with Crippen molar-refractivity contribution >= 4 is 31.8 Å². The molecule has 3 heterocycles. The minimum Gasteiger partial charge on any atom is -0.497 e. The third-order valence-corrected chi connectivity index (χ3v) is 13.4. The number of fused-ring (bicyclic) bond motifs is 1. The van der Waals surface area contributed by atoms with Gasteiger partial charge in [0, 0.05) is 31.6 Å². The van der Waals surface area contributed by atoms with Gasteiger partial charge in [-0.15, -0.1) is 10.2 Å². The topological polar surface area (TPSA) is 154 Å². The van der Waals surface area contributed by atoms with Crippen LogP contribution in [0.3, 0.4) is 0 Å². The average molecular weight is 894 g/mol. The first-order valence-corrected chi connectivity index (χ1v) is 23.5. The van der Waals surface area contributed by atoms with Crippen LogP contribution in [0.4, 0.5) is 5.82 Å². The number of hydrogen-bond donors (Lipinski definition) is 0. The Bertz CT molecular complexity index is 2170. The minimum atomic E-state index is -1.64. The highest BCUT2D eigenvalue weighted by Crippen LogP contribution is 2.51. The van der Waals surface area contributed by atoms with Crippen LogP contribution in [-0.2, 0) is 24.1 Å². The fourth-order valence-electron chi connectivity index (χ4n) is 7.97. The highest BCUT2D eigenvalue weighted by Gasteiger charge is 2.45. The summed E-state index contributed by atoms with van der Waals surface area (Å²) >= 11 is 0. The van der Waals surface area contributed by atoms with E-state index in [1.165, 1.54) is 0 Å². The van der Waals surface area contributed by atoms with Gasteiger partial charge in [-0.3, -0.25) is 4.57 Å². The van der Waals surface area contributed by atoms with E-state index in [4.69, 9.17) is 38.0 Å². The van der Waals surface area contributed by atoms with Crippen LogP contribution in [0.25, 0.3) is 11.2 Å². The number of hydrogen-bond acceptors (Lipinski definition) is 13. The Morgan fingerprint density at radius 3 is 2.06 bits per heavy atom. The SMILES string of the molecule is CCCCN(C=Nc1nnnc2c1ncn2[C@H]1C[C@H](OP(OCCC#N)N(C(C)C)C(C)C)[C@@H](COC(c2ccccc2)(c2ccc(OC)cc2)c2ccc(OC)cc2)O1)CCCC. The zero-order valence-electron chi connectivity index (χ0n) is 38.5. The summed E-state index contributed by atoms with van der Waals surface area (Å²) in [5, 5.41) is 22.3. The Kier molecular flexibility index (Phi) is 17.9. The van der Waals surface area contributed by atoms with Gasteiger partial charge >= 0.3 is 0 Å². The molecule has 1 aliphatic rings. The van der Waals surface area contributed by atoms with Crippen LogP contribution < -0.4 is 9.47 Å². The van der Waals surface area contributed by atoms with Crippen molar-refractivity contribution in [2.75, 3.05) is 40.5 Å². The first-order chi connectivity index (χ1) is 31.2. The summed E-state index contributed by atoms with van der Waals surface area (Å²) in [6.45, 7) is 15.0. The smallest absolute Gasteiger partial charge is 0.259 e. The molecule has 15 nitrogen and oxygen atoms in total. The monoisotopic (exact) mass is 893 g/mol. The number of aromatic nitrogens is 5. The Morgan fingerprint density at radius 2 is 1.50 bits per heavy atom. The van der Waals surface area contributed by atoms with Crippen molar-refractivity contribution in [3.05, 3.63) is 102 Å². The van der Waals surface area contributed by atoms with Gasteiger partial charge in [0.05, 0.1) is 58.7 Å². The molecule has 1 fully saturated rings. The molecule has 1 unspecified atom stereocenters. The van der Waals surface area contributed by atoms with Gasteiger partial charge in [-0.25, -0.2) is 14.6 Å². The summed E-state index contributed by atoms with van der Waals surface area (Å²) < 4.78 is 43.3. The second-order valence-corrected chi connectivity index (χ2v) is 17.7. The largest absolute Gasteiger partial charge is 0.497 e. The molecule has 0 saturated carbocycles. The fraction of sp³-hybridized carbons (Fsp3) is 0.500. The first kappa shape index (κ1) is 48.4. The molecule has 0 radical (unpaired) electrons. The molecule has 0 N–H and O–H groups in total. The third-order valence-electron chi connectivity index (χ3n) is 11.2. The zero-order valence-corrected chi connectivity index (χ0v) is 39.4. The van der Waals surface area contributed by atoms with E-state index >= 15 is 0 Å². The Morgan fingerprint density at radius 1 is 0.891 bits per heavy atom. The lowest BCUT2D eigenvalue weighted by molar-refractivity contribution is -0.0912. The minimum absolute atomic E-state index is 0.0936. The molecule has 0 spiro atoms. The molecule has 0 aliphatic carbocycles. The molecular formula is C48H64N9O6P. The molecule has 3 aromatic carbocycles. The fourth-order valence-corrected chi connectivity index (χ4v) is 9.73. The Hall–Kier alpha value is -5.07. The van der Waals surface area contributed by atoms with E-state index in [-0.39, 0.29) is 31.7 Å². The maximum absolute atomic E-state index is 9.46. The molecule has 16 heteroatoms. The van der Waals surface area contributed by atoms with Crippen LogP contribution in [0.1, 0.15) is 103 Å². The Labute approximate surface area is 379 Å². The molecule has 64 heavy (non-hydrogen) atoms. The summed E-state index contributed by atoms with van der Waals surface area (Å²) in [6.07, 6.45) is 6.84. The average Bonchev–Trinajstić information content (AvgIpc) is 3.93. The maximum Gasteiger partial charge on any atom is 0.259 e. The number of nitrogens with zero attached hydrogens (tertiary/aromatic N) is 9. The maximum atomic E-state index is 9.46. The van der Waals surface area contributed by atoms with Gasteiger partial charge in [-0.1, -0.05) is 81.3 Å². The Balaban J connectivity index is 1.41. The van der Waals surface area contributed by atoms with E-state index in [1.807, 2.05) is 77.6 Å². The van der Waals surface area contributed by atoms with E-state index in [0.717, 1.165) is 67.0 Å². The first-order valence-electron chi connectivity index (χ1n) is 22.4. The third kappa shape index (κ3) is 11.6. The second-order valence-electron chi connectivity index (χ2n) is 16.3. The van der Waals surface area contributed by atoms with Crippen molar-refractivity contribution in [1.29, 1.82) is 5.26 Å². The van der Waals surface area contributed by atoms with Gasteiger partial charge in [0.25, 0.3) is 8.53 Å². The van der Waals surface area contributed by atoms with Gasteiger partial charge < -0.3 is 32.9 Å². The van der Waals surface area contributed by atoms with Gasteiger partial charge in [0.2, 0.25) is 5.82 Å². The lowest BCUT2D eigenvalue weighted by atomic mass is 9.80. The molecule has 0 bridgehead atoms. The van der Waals surface area contributed by atoms with Crippen LogP contribution >= 0.6 is 8.53 Å². The van der Waals surface area contributed by atoms with Gasteiger partial charge in [-0.05, 0) is 86.7 Å². The van der Waals surface area contributed by atoms with E-state index in [9.17, 15) is 5.26 Å². The highest BCUT2D eigenvalue weighted by atomic mass is 31.2. The van der Waals surface area contributed by atoms with Crippen LogP contribution in [0, 0.1) is 11.3 Å². The lowest BCUT2D eigenvalue weighted by Gasteiger charge is -2.39. The molecule has 5 aromatic rings. The van der Waals surface area contributed by atoms with E-state index in [2.05, 4.69) is 84.7 Å². The van der Waals surface area contributed by atoms with E-state index < -0.39 is 32.6 Å². The summed E-state index contributed by atoms with van der Waals surface area (Å²) in [6, 6.07) is 28.5. The number of aliphatic imine (C=N–C) groups is 1. The quantitative estimate of drug-likeness (QED) is 0.0180. The predicted molar refractivity (Wildman–Crippen MR) is 250 cm³/mol. The number of nitriles is 1. The molecule has 0 amide bonds. The number of methoxy groups -OCH3 is 2. The van der Waals surface area contributed by atoms with Crippen molar-refractivity contribution in [1.82, 2.24) is 34.5 Å². The van der Waals surface area contributed by atoms with Gasteiger partial charge in [0.15, 0.2) is 11.2 Å². The summed E-state index contributed by atoms with van der Waals surface area (Å²) in [7, 11) is 1.67. The highest BCUT2D eigenvalue weighted by molar-refractivity contribution is 7.44. The molecule has 2 aromatic heterocycles. The number of benzene rings is 3. The summed E-state index contributed by atoms with van der Waals surface area (Å²) in [5.74, 6) is 1.84. The molecule has 6 rings (SSSR count). The van der Waals surface area contributed by atoms with Crippen LogP contribution in [-0.4, -0.2) is 106 Å². The lowest BCUT2D eigenvalue weighted by Crippen LogP contribution is -2.39. The van der Waals surface area contributed by atoms with Crippen molar-refractivity contribution in [2.45, 2.75) is 116 Å². The van der Waals surface area contributed by atoms with Crippen LogP contribution in [0.5, 0.6) is 11.5 Å². The predicted octanol–water partition coefficient (Wildman–Crippen LogP) is 9.76. The molecular weight excluding hydrogens is 830 g/mol. The second kappa shape index (κ2) is 23.7. The van der Waals surface area contributed by atoms with Gasteiger partial charge in [-0.2, -0.15) is 5.26 Å².